The average molecular weight is 648 g/mol. The number of nitrogens with one attached hydrogen (secondary N) is 2. The number of carbonyl (C=O) groups excluding carboxylic acids is 3. The fourth-order valence-electron chi connectivity index (χ4n) is 6.64. The number of nitrogens with zero attached hydrogens (tertiary/aromatic N) is 3. The molecule has 0 radical (unpaired) electrons. The van der Waals surface area contributed by atoms with Crippen molar-refractivity contribution in [1.82, 2.24) is 9.80 Å². The Morgan fingerprint density at radius 1 is 0.646 bits per heavy atom. The van der Waals surface area contributed by atoms with Crippen molar-refractivity contribution in [3.8, 4) is 0 Å². The Bertz CT molecular complexity index is 1610. The van der Waals surface area contributed by atoms with Crippen LogP contribution in [-0.2, 0) is 10.2 Å². The normalized spacial score (nSPS) is 15.4. The summed E-state index contributed by atoms with van der Waals surface area (Å²) in [6, 6.07) is 35.8. The number of urea groups is 1. The van der Waals surface area contributed by atoms with Crippen molar-refractivity contribution in [2.45, 2.75) is 32.1 Å². The van der Waals surface area contributed by atoms with Gasteiger partial charge in [-0.3, -0.25) is 4.79 Å². The molecule has 0 aromatic heterocycles. The fraction of sp³-hybridized carbons (Fsp3) is 0.308. The van der Waals surface area contributed by atoms with Crippen LogP contribution in [0.3, 0.4) is 0 Å². The number of piperidine rings is 1. The third-order valence-corrected chi connectivity index (χ3v) is 9.13. The Labute approximate surface area is 283 Å². The molecule has 2 aliphatic rings. The lowest BCUT2D eigenvalue weighted by Crippen LogP contribution is -2.50. The van der Waals surface area contributed by atoms with Crippen LogP contribution in [-0.4, -0.2) is 74.2 Å². The summed E-state index contributed by atoms with van der Waals surface area (Å²) in [5.74, 6) is -0.145. The molecule has 0 spiro atoms. The lowest BCUT2D eigenvalue weighted by molar-refractivity contribution is 0.0600. The Morgan fingerprint density at radius 2 is 1.17 bits per heavy atom. The molecule has 0 atom stereocenters. The van der Waals surface area contributed by atoms with Gasteiger partial charge in [0.05, 0.1) is 18.5 Å². The van der Waals surface area contributed by atoms with Gasteiger partial charge in [-0.15, -0.1) is 0 Å². The van der Waals surface area contributed by atoms with Gasteiger partial charge in [0.2, 0.25) is 0 Å². The second kappa shape index (κ2) is 16.0. The van der Waals surface area contributed by atoms with Crippen LogP contribution in [0.4, 0.5) is 26.7 Å². The largest absolute Gasteiger partial charge is 0.453 e. The number of amides is 4. The van der Waals surface area contributed by atoms with E-state index in [1.807, 2.05) is 56.3 Å². The number of hydrogen-bond donors (Lipinski definition) is 2. The second-order valence-corrected chi connectivity index (χ2v) is 11.7. The summed E-state index contributed by atoms with van der Waals surface area (Å²) in [7, 11) is 1.36. The van der Waals surface area contributed by atoms with Crippen molar-refractivity contribution in [1.29, 1.82) is 0 Å². The molecule has 2 heterocycles. The van der Waals surface area contributed by atoms with E-state index in [0.29, 0.717) is 43.1 Å². The summed E-state index contributed by atoms with van der Waals surface area (Å²) in [4.78, 5) is 44.4. The topological polar surface area (TPSA) is 94.2 Å². The van der Waals surface area contributed by atoms with E-state index >= 15 is 0 Å². The minimum absolute atomic E-state index is 0.125. The van der Waals surface area contributed by atoms with Gasteiger partial charge in [-0.1, -0.05) is 92.7 Å². The summed E-state index contributed by atoms with van der Waals surface area (Å²) >= 11 is 0. The van der Waals surface area contributed by atoms with Gasteiger partial charge < -0.3 is 30.1 Å². The molecule has 0 bridgehead atoms. The highest BCUT2D eigenvalue weighted by atomic mass is 16.5. The van der Waals surface area contributed by atoms with Crippen molar-refractivity contribution < 1.29 is 19.1 Å². The molecule has 2 fully saturated rings. The monoisotopic (exact) mass is 647 g/mol. The Hall–Kier alpha value is -5.31. The van der Waals surface area contributed by atoms with Gasteiger partial charge >= 0.3 is 12.1 Å². The molecule has 250 valence electrons. The quantitative estimate of drug-likeness (QED) is 0.227. The average Bonchev–Trinajstić information content (AvgIpc) is 3.16. The number of para-hydroxylation sites is 1. The van der Waals surface area contributed by atoms with Gasteiger partial charge in [0, 0.05) is 55.9 Å². The third kappa shape index (κ3) is 7.62. The van der Waals surface area contributed by atoms with Gasteiger partial charge in [-0.2, -0.15) is 0 Å². The lowest BCUT2D eigenvalue weighted by Gasteiger charge is -2.44. The molecule has 0 saturated carbocycles. The Morgan fingerprint density at radius 3 is 1.71 bits per heavy atom. The van der Waals surface area contributed by atoms with Gasteiger partial charge in [0.15, 0.2) is 0 Å². The van der Waals surface area contributed by atoms with Crippen molar-refractivity contribution in [3.05, 3.63) is 126 Å². The van der Waals surface area contributed by atoms with E-state index < -0.39 is 6.09 Å². The highest BCUT2D eigenvalue weighted by Gasteiger charge is 2.38. The van der Waals surface area contributed by atoms with Gasteiger partial charge in [-0.05, 0) is 54.3 Å². The van der Waals surface area contributed by atoms with E-state index in [-0.39, 0.29) is 17.4 Å². The van der Waals surface area contributed by atoms with Crippen LogP contribution in [0.5, 0.6) is 0 Å². The number of carbonyl (C=O) groups is 3. The van der Waals surface area contributed by atoms with E-state index in [2.05, 4.69) is 76.2 Å². The first-order valence-electron chi connectivity index (χ1n) is 16.7. The molecular formula is C39H45N5O4. The number of ether oxygens (including phenoxy) is 1. The van der Waals surface area contributed by atoms with E-state index in [1.54, 1.807) is 15.9 Å². The molecule has 4 amide bonds. The van der Waals surface area contributed by atoms with Crippen molar-refractivity contribution >= 4 is 35.1 Å². The van der Waals surface area contributed by atoms with Crippen molar-refractivity contribution in [2.75, 3.05) is 61.9 Å². The zero-order valence-electron chi connectivity index (χ0n) is 28.0. The maximum Gasteiger partial charge on any atom is 0.409 e. The van der Waals surface area contributed by atoms with E-state index in [0.717, 1.165) is 31.6 Å². The molecule has 6 rings (SSSR count). The summed E-state index contributed by atoms with van der Waals surface area (Å²) in [6.07, 6.45) is 1.39. The number of anilines is 3. The van der Waals surface area contributed by atoms with Crippen LogP contribution in [0, 0.1) is 0 Å². The van der Waals surface area contributed by atoms with Crippen molar-refractivity contribution in [3.63, 3.8) is 0 Å². The molecule has 9 heteroatoms. The highest BCUT2D eigenvalue weighted by molar-refractivity contribution is 6.04. The SMILES string of the molecule is CC.COC(=O)N1CCN(C(=O)c2ccc(N3CCC(c4ccccc4)(c4ccccc4)CC3)c(NC(=O)Nc3ccccc3)c2)CC1. The molecular weight excluding hydrogens is 602 g/mol. The molecule has 2 saturated heterocycles. The molecule has 4 aromatic rings. The minimum Gasteiger partial charge on any atom is -0.453 e. The van der Waals surface area contributed by atoms with Crippen LogP contribution < -0.4 is 15.5 Å². The maximum atomic E-state index is 13.6. The minimum atomic E-state index is -0.391. The molecule has 48 heavy (non-hydrogen) atoms. The second-order valence-electron chi connectivity index (χ2n) is 11.7. The standard InChI is InChI=1S/C37H39N5O4.C2H6/c1-46-36(45)42-25-23-41(24-26-42)34(43)28-17-18-33(32(27-28)39-35(44)38-31-15-9-4-10-16-31)40-21-19-37(20-22-40,29-11-5-2-6-12-29)30-13-7-3-8-14-30;1-2/h2-18,27H,19-26H2,1H3,(H2,38,39,44);1-2H3. The summed E-state index contributed by atoms with van der Waals surface area (Å²) in [5.41, 5.74) is 5.06. The van der Waals surface area contributed by atoms with Crippen molar-refractivity contribution in [2.24, 2.45) is 0 Å². The first-order valence-corrected chi connectivity index (χ1v) is 16.7. The maximum absolute atomic E-state index is 13.6. The van der Waals surface area contributed by atoms with E-state index in [4.69, 9.17) is 4.74 Å². The number of hydrogen-bond acceptors (Lipinski definition) is 5. The van der Waals surface area contributed by atoms with Crippen LogP contribution in [0.15, 0.2) is 109 Å². The highest BCUT2D eigenvalue weighted by Crippen LogP contribution is 2.43. The van der Waals surface area contributed by atoms with E-state index in [1.165, 1.54) is 18.2 Å². The summed E-state index contributed by atoms with van der Waals surface area (Å²) < 4.78 is 4.83. The Balaban J connectivity index is 0.00000221. The van der Waals surface area contributed by atoms with Gasteiger partial charge in [-0.25, -0.2) is 9.59 Å². The smallest absolute Gasteiger partial charge is 0.409 e. The lowest BCUT2D eigenvalue weighted by atomic mass is 9.68. The fourth-order valence-corrected chi connectivity index (χ4v) is 6.64. The van der Waals surface area contributed by atoms with E-state index in [9.17, 15) is 14.4 Å². The first kappa shape index (κ1) is 34.0. The number of benzene rings is 4. The summed E-state index contributed by atoms with van der Waals surface area (Å²) in [5, 5.41) is 5.93. The Kier molecular flexibility index (Phi) is 11.3. The number of rotatable bonds is 6. The number of methoxy groups -OCH3 is 1. The van der Waals surface area contributed by atoms with Crippen LogP contribution in [0.2, 0.25) is 0 Å². The van der Waals surface area contributed by atoms with Crippen LogP contribution in [0.1, 0.15) is 48.2 Å². The predicted molar refractivity (Wildman–Crippen MR) is 192 cm³/mol. The molecule has 2 N–H and O–H groups in total. The third-order valence-electron chi connectivity index (χ3n) is 9.13. The van der Waals surface area contributed by atoms with Crippen LogP contribution in [0.25, 0.3) is 0 Å². The zero-order valence-corrected chi connectivity index (χ0v) is 28.0. The first-order chi connectivity index (χ1) is 23.5. The molecule has 0 unspecified atom stereocenters. The van der Waals surface area contributed by atoms with Gasteiger partial charge in [0.1, 0.15) is 0 Å². The number of piperazine rings is 1. The molecule has 0 aliphatic carbocycles. The molecule has 2 aliphatic heterocycles. The molecule has 4 aromatic carbocycles. The van der Waals surface area contributed by atoms with Crippen LogP contribution >= 0.6 is 0 Å². The zero-order chi connectivity index (χ0) is 33.9. The van der Waals surface area contributed by atoms with Gasteiger partial charge in [0.25, 0.3) is 5.91 Å². The summed E-state index contributed by atoms with van der Waals surface area (Å²) in [6.45, 7) is 7.14. The molecule has 9 nitrogen and oxygen atoms in total. The predicted octanol–water partition coefficient (Wildman–Crippen LogP) is 7.47.